The van der Waals surface area contributed by atoms with Crippen molar-refractivity contribution in [1.29, 1.82) is 0 Å². The zero-order valence-electron chi connectivity index (χ0n) is 13.2. The van der Waals surface area contributed by atoms with Gasteiger partial charge in [-0.15, -0.1) is 0 Å². The lowest BCUT2D eigenvalue weighted by Gasteiger charge is -2.21. The van der Waals surface area contributed by atoms with Gasteiger partial charge in [-0.3, -0.25) is 9.59 Å². The fourth-order valence-electron chi connectivity index (χ4n) is 1.90. The summed E-state index contributed by atoms with van der Waals surface area (Å²) in [4.78, 5) is 25.7. The fraction of sp³-hybridized carbons (Fsp3) is 0.600. The van der Waals surface area contributed by atoms with Crippen LogP contribution < -0.4 is 5.32 Å². The summed E-state index contributed by atoms with van der Waals surface area (Å²) in [5, 5.41) is 2.73. The van der Waals surface area contributed by atoms with Crippen molar-refractivity contribution in [3.05, 3.63) is 24.2 Å². The third kappa shape index (κ3) is 6.73. The zero-order valence-corrected chi connectivity index (χ0v) is 13.2. The Kier molecular flexibility index (Phi) is 8.94. The highest BCUT2D eigenvalue weighted by molar-refractivity contribution is 5.94. The molecule has 124 valence electrons. The van der Waals surface area contributed by atoms with Crippen LogP contribution in [0.1, 0.15) is 23.2 Å². The summed E-state index contributed by atoms with van der Waals surface area (Å²) in [6.45, 7) is 2.39. The van der Waals surface area contributed by atoms with Crippen molar-refractivity contribution in [1.82, 2.24) is 10.2 Å². The number of nitrogens with zero attached hydrogens (tertiary/aromatic N) is 1. The number of furan rings is 1. The number of nitrogens with one attached hydrogen (secondary N) is 1. The van der Waals surface area contributed by atoms with Crippen molar-refractivity contribution in [3.8, 4) is 0 Å². The standard InChI is InChI=1S/C15H24N2O5/c1-20-9-3-7-17(15(19)13-5-10-22-12-13)8-4-14(18)16-6-11-21-2/h5,10,12H,3-4,6-9,11H2,1-2H3,(H,16,18). The molecule has 7 heteroatoms. The first kappa shape index (κ1) is 18.2. The van der Waals surface area contributed by atoms with Crippen LogP contribution in [0.2, 0.25) is 0 Å². The van der Waals surface area contributed by atoms with E-state index in [1.807, 2.05) is 0 Å². The van der Waals surface area contributed by atoms with Gasteiger partial charge in [-0.25, -0.2) is 0 Å². The van der Waals surface area contributed by atoms with E-state index in [0.29, 0.717) is 44.8 Å². The first-order valence-corrected chi connectivity index (χ1v) is 7.25. The molecule has 0 fully saturated rings. The third-order valence-corrected chi connectivity index (χ3v) is 3.07. The molecule has 0 saturated carbocycles. The average molecular weight is 312 g/mol. The van der Waals surface area contributed by atoms with Crippen LogP contribution >= 0.6 is 0 Å². The highest BCUT2D eigenvalue weighted by Crippen LogP contribution is 2.07. The second-order valence-corrected chi connectivity index (χ2v) is 4.74. The van der Waals surface area contributed by atoms with Crippen molar-refractivity contribution >= 4 is 11.8 Å². The molecule has 0 radical (unpaired) electrons. The van der Waals surface area contributed by atoms with Gasteiger partial charge < -0.3 is 24.1 Å². The summed E-state index contributed by atoms with van der Waals surface area (Å²) in [5.74, 6) is -0.247. The minimum atomic E-state index is -0.144. The minimum Gasteiger partial charge on any atom is -0.472 e. The Hall–Kier alpha value is -1.86. The maximum absolute atomic E-state index is 12.3. The van der Waals surface area contributed by atoms with E-state index >= 15 is 0 Å². The van der Waals surface area contributed by atoms with Crippen LogP contribution in [-0.4, -0.2) is 63.8 Å². The summed E-state index contributed by atoms with van der Waals surface area (Å²) in [7, 11) is 3.19. The summed E-state index contributed by atoms with van der Waals surface area (Å²) >= 11 is 0. The van der Waals surface area contributed by atoms with Crippen molar-refractivity contribution in [2.75, 3.05) is 47.1 Å². The molecule has 2 amide bonds. The molecule has 1 N–H and O–H groups in total. The molecule has 0 aliphatic carbocycles. The molecule has 0 saturated heterocycles. The Labute approximate surface area is 130 Å². The summed E-state index contributed by atoms with van der Waals surface area (Å²) in [5.41, 5.74) is 0.484. The normalized spacial score (nSPS) is 10.5. The summed E-state index contributed by atoms with van der Waals surface area (Å²) in [6.07, 6.45) is 3.83. The Balaban J connectivity index is 2.47. The second kappa shape index (κ2) is 10.8. The smallest absolute Gasteiger partial charge is 0.257 e. The molecule has 0 unspecified atom stereocenters. The highest BCUT2D eigenvalue weighted by Gasteiger charge is 2.17. The zero-order chi connectivity index (χ0) is 16.2. The van der Waals surface area contributed by atoms with E-state index < -0.39 is 0 Å². The van der Waals surface area contributed by atoms with E-state index in [9.17, 15) is 9.59 Å². The molecule has 1 heterocycles. The highest BCUT2D eigenvalue weighted by atomic mass is 16.5. The molecule has 1 aromatic rings. The van der Waals surface area contributed by atoms with Crippen LogP contribution in [0.5, 0.6) is 0 Å². The molecule has 7 nitrogen and oxygen atoms in total. The van der Waals surface area contributed by atoms with E-state index in [2.05, 4.69) is 5.32 Å². The molecule has 0 spiro atoms. The molecule has 0 aliphatic heterocycles. The number of amides is 2. The van der Waals surface area contributed by atoms with E-state index in [1.165, 1.54) is 12.5 Å². The fourth-order valence-corrected chi connectivity index (χ4v) is 1.90. The van der Waals surface area contributed by atoms with Gasteiger partial charge in [0, 0.05) is 46.9 Å². The van der Waals surface area contributed by atoms with Gasteiger partial charge in [-0.2, -0.15) is 0 Å². The van der Waals surface area contributed by atoms with E-state index in [-0.39, 0.29) is 18.2 Å². The van der Waals surface area contributed by atoms with Crippen molar-refractivity contribution in [2.45, 2.75) is 12.8 Å². The molecule has 0 aliphatic rings. The molecular weight excluding hydrogens is 288 g/mol. The maximum atomic E-state index is 12.3. The SMILES string of the molecule is COCCCN(CCC(=O)NCCOC)C(=O)c1ccoc1. The van der Waals surface area contributed by atoms with Gasteiger partial charge in [0.15, 0.2) is 0 Å². The monoisotopic (exact) mass is 312 g/mol. The van der Waals surface area contributed by atoms with Gasteiger partial charge in [-0.1, -0.05) is 0 Å². The quantitative estimate of drug-likeness (QED) is 0.614. The number of hydrogen-bond acceptors (Lipinski definition) is 5. The molecule has 1 rings (SSSR count). The Morgan fingerprint density at radius 3 is 2.64 bits per heavy atom. The maximum Gasteiger partial charge on any atom is 0.257 e. The lowest BCUT2D eigenvalue weighted by molar-refractivity contribution is -0.121. The third-order valence-electron chi connectivity index (χ3n) is 3.07. The molecule has 0 bridgehead atoms. The van der Waals surface area contributed by atoms with Crippen molar-refractivity contribution in [2.24, 2.45) is 0 Å². The van der Waals surface area contributed by atoms with E-state index in [1.54, 1.807) is 25.2 Å². The number of carbonyl (C=O) groups excluding carboxylic acids is 2. The molecule has 0 aromatic carbocycles. The molecule has 0 atom stereocenters. The molecular formula is C15H24N2O5. The number of rotatable bonds is 11. The Morgan fingerprint density at radius 2 is 2.00 bits per heavy atom. The van der Waals surface area contributed by atoms with Crippen LogP contribution in [0.25, 0.3) is 0 Å². The first-order chi connectivity index (χ1) is 10.7. The number of hydrogen-bond donors (Lipinski definition) is 1. The topological polar surface area (TPSA) is 81.0 Å². The van der Waals surface area contributed by atoms with Gasteiger partial charge in [0.25, 0.3) is 5.91 Å². The van der Waals surface area contributed by atoms with Gasteiger partial charge >= 0.3 is 0 Å². The summed E-state index contributed by atoms with van der Waals surface area (Å²) in [6, 6.07) is 1.62. The van der Waals surface area contributed by atoms with Gasteiger partial charge in [-0.05, 0) is 12.5 Å². The van der Waals surface area contributed by atoms with E-state index in [0.717, 1.165) is 0 Å². The largest absolute Gasteiger partial charge is 0.472 e. The Morgan fingerprint density at radius 1 is 1.23 bits per heavy atom. The van der Waals surface area contributed by atoms with Gasteiger partial charge in [0.05, 0.1) is 18.4 Å². The average Bonchev–Trinajstić information content (AvgIpc) is 3.04. The number of carbonyl (C=O) groups is 2. The van der Waals surface area contributed by atoms with Crippen molar-refractivity contribution in [3.63, 3.8) is 0 Å². The summed E-state index contributed by atoms with van der Waals surface area (Å²) < 4.78 is 14.8. The van der Waals surface area contributed by atoms with Crippen LogP contribution in [0, 0.1) is 0 Å². The molecule has 1 aromatic heterocycles. The molecule has 22 heavy (non-hydrogen) atoms. The first-order valence-electron chi connectivity index (χ1n) is 7.25. The number of ether oxygens (including phenoxy) is 2. The lowest BCUT2D eigenvalue weighted by Crippen LogP contribution is -2.36. The van der Waals surface area contributed by atoms with Crippen LogP contribution in [-0.2, 0) is 14.3 Å². The van der Waals surface area contributed by atoms with Crippen molar-refractivity contribution < 1.29 is 23.5 Å². The van der Waals surface area contributed by atoms with Gasteiger partial charge in [0.1, 0.15) is 6.26 Å². The van der Waals surface area contributed by atoms with Crippen LogP contribution in [0.15, 0.2) is 23.0 Å². The predicted octanol–water partition coefficient (Wildman–Crippen LogP) is 0.911. The lowest BCUT2D eigenvalue weighted by atomic mass is 10.2. The predicted molar refractivity (Wildman–Crippen MR) is 80.6 cm³/mol. The van der Waals surface area contributed by atoms with E-state index in [4.69, 9.17) is 13.9 Å². The minimum absolute atomic E-state index is 0.103. The van der Waals surface area contributed by atoms with Crippen LogP contribution in [0.4, 0.5) is 0 Å². The number of methoxy groups -OCH3 is 2. The van der Waals surface area contributed by atoms with Gasteiger partial charge in [0.2, 0.25) is 5.91 Å². The second-order valence-electron chi connectivity index (χ2n) is 4.74. The Bertz CT molecular complexity index is 433. The van der Waals surface area contributed by atoms with Crippen LogP contribution in [0.3, 0.4) is 0 Å².